The fourth-order valence-corrected chi connectivity index (χ4v) is 3.25. The number of aryl methyl sites for hydroxylation is 1. The number of hydrogen-bond donors (Lipinski definition) is 1. The summed E-state index contributed by atoms with van der Waals surface area (Å²) < 4.78 is 30.6. The predicted molar refractivity (Wildman–Crippen MR) is 109 cm³/mol. The molecule has 0 spiro atoms. The number of carbonyl (C=O) groups is 1. The highest BCUT2D eigenvalue weighted by Crippen LogP contribution is 2.30. The third-order valence-corrected chi connectivity index (χ3v) is 4.92. The Bertz CT molecular complexity index is 1030. The fraction of sp³-hybridized carbons (Fsp3) is 0.222. The molecule has 0 aliphatic rings. The molecular weight excluding hydrogens is 400 g/mol. The number of nitrogens with one attached hydrogen (secondary N) is 1. The number of nitrogens with zero attached hydrogens (tertiary/aromatic N) is 3. The van der Waals surface area contributed by atoms with Gasteiger partial charge in [0.1, 0.15) is 12.3 Å². The monoisotopic (exact) mass is 420 g/mol. The molecule has 0 unspecified atom stereocenters. The Kier molecular flexibility index (Phi) is 6.89. The molecule has 29 heavy (non-hydrogen) atoms. The summed E-state index contributed by atoms with van der Waals surface area (Å²) in [5.41, 5.74) is 3.74. The van der Waals surface area contributed by atoms with Gasteiger partial charge in [-0.2, -0.15) is 5.10 Å². The van der Waals surface area contributed by atoms with E-state index in [0.29, 0.717) is 11.3 Å². The Morgan fingerprint density at radius 3 is 2.48 bits per heavy atom. The highest BCUT2D eigenvalue weighted by atomic mass is 32.2. The lowest BCUT2D eigenvalue weighted by Crippen LogP contribution is -2.39. The number of non-ortho nitro benzene ring substituents is 1. The van der Waals surface area contributed by atoms with E-state index in [-0.39, 0.29) is 11.4 Å². The molecule has 1 N–H and O–H groups in total. The van der Waals surface area contributed by atoms with Gasteiger partial charge in [0, 0.05) is 12.1 Å². The summed E-state index contributed by atoms with van der Waals surface area (Å²) in [4.78, 5) is 22.3. The van der Waals surface area contributed by atoms with Gasteiger partial charge in [-0.25, -0.2) is 13.8 Å². The average molecular weight is 420 g/mol. The number of benzene rings is 2. The highest BCUT2D eigenvalue weighted by molar-refractivity contribution is 7.92. The number of amides is 1. The molecule has 2 aromatic carbocycles. The first-order valence-electron chi connectivity index (χ1n) is 8.30. The van der Waals surface area contributed by atoms with Crippen LogP contribution in [0.3, 0.4) is 0 Å². The zero-order chi connectivity index (χ0) is 21.6. The molecule has 0 aromatic heterocycles. The molecule has 0 atom stereocenters. The van der Waals surface area contributed by atoms with Crippen LogP contribution < -0.4 is 14.5 Å². The summed E-state index contributed by atoms with van der Waals surface area (Å²) in [6.45, 7) is 1.29. The van der Waals surface area contributed by atoms with E-state index in [1.165, 1.54) is 37.6 Å². The Morgan fingerprint density at radius 2 is 1.93 bits per heavy atom. The van der Waals surface area contributed by atoms with E-state index in [0.717, 1.165) is 16.1 Å². The van der Waals surface area contributed by atoms with Crippen molar-refractivity contribution in [1.29, 1.82) is 0 Å². The summed E-state index contributed by atoms with van der Waals surface area (Å²) in [6, 6.07) is 10.5. The van der Waals surface area contributed by atoms with Crippen molar-refractivity contribution in [2.24, 2.45) is 5.10 Å². The normalized spacial score (nSPS) is 11.3. The van der Waals surface area contributed by atoms with Crippen LogP contribution in [0.5, 0.6) is 5.75 Å². The summed E-state index contributed by atoms with van der Waals surface area (Å²) in [5, 5.41) is 14.4. The van der Waals surface area contributed by atoms with Crippen LogP contribution in [0, 0.1) is 17.0 Å². The van der Waals surface area contributed by atoms with E-state index in [1.807, 2.05) is 0 Å². The second-order valence-electron chi connectivity index (χ2n) is 6.09. The fourth-order valence-electron chi connectivity index (χ4n) is 2.40. The maximum Gasteiger partial charge on any atom is 0.269 e. The minimum atomic E-state index is -3.78. The van der Waals surface area contributed by atoms with E-state index >= 15 is 0 Å². The molecule has 0 radical (unpaired) electrons. The van der Waals surface area contributed by atoms with E-state index < -0.39 is 27.4 Å². The van der Waals surface area contributed by atoms with E-state index in [2.05, 4.69) is 10.5 Å². The quantitative estimate of drug-likeness (QED) is 0.394. The predicted octanol–water partition coefficient (Wildman–Crippen LogP) is 1.83. The molecule has 154 valence electrons. The Balaban J connectivity index is 2.13. The largest absolute Gasteiger partial charge is 0.495 e. The van der Waals surface area contributed by atoms with Crippen molar-refractivity contribution < 1.29 is 22.9 Å². The van der Waals surface area contributed by atoms with Gasteiger partial charge in [0.2, 0.25) is 10.0 Å². The summed E-state index contributed by atoms with van der Waals surface area (Å²) in [5.74, 6) is -0.361. The van der Waals surface area contributed by atoms with Gasteiger partial charge < -0.3 is 4.74 Å². The molecule has 0 aliphatic carbocycles. The number of methoxy groups -OCH3 is 1. The van der Waals surface area contributed by atoms with Gasteiger partial charge >= 0.3 is 0 Å². The van der Waals surface area contributed by atoms with Gasteiger partial charge in [-0.3, -0.25) is 19.2 Å². The van der Waals surface area contributed by atoms with Crippen molar-refractivity contribution in [3.8, 4) is 5.75 Å². The van der Waals surface area contributed by atoms with Crippen molar-refractivity contribution in [1.82, 2.24) is 5.43 Å². The van der Waals surface area contributed by atoms with Gasteiger partial charge in [0.05, 0.1) is 30.2 Å². The van der Waals surface area contributed by atoms with Gasteiger partial charge in [-0.15, -0.1) is 0 Å². The Labute approximate surface area is 168 Å². The first kappa shape index (κ1) is 21.8. The van der Waals surface area contributed by atoms with Crippen molar-refractivity contribution in [3.05, 3.63) is 63.7 Å². The van der Waals surface area contributed by atoms with E-state index in [4.69, 9.17) is 4.74 Å². The first-order valence-corrected chi connectivity index (χ1v) is 10.2. The number of anilines is 1. The summed E-state index contributed by atoms with van der Waals surface area (Å²) in [7, 11) is -2.37. The van der Waals surface area contributed by atoms with Crippen LogP contribution in [0.2, 0.25) is 0 Å². The number of nitro groups is 1. The molecule has 10 nitrogen and oxygen atoms in total. The number of carbonyl (C=O) groups excluding carboxylic acids is 1. The van der Waals surface area contributed by atoms with Crippen LogP contribution in [0.4, 0.5) is 11.4 Å². The molecule has 0 saturated carbocycles. The second-order valence-corrected chi connectivity index (χ2v) is 7.99. The SMILES string of the molecule is COc1ccc(C)cc1N(CC(=O)N/N=C\c1ccc([N+](=O)[O-])cc1)S(C)(=O)=O. The average Bonchev–Trinajstić information content (AvgIpc) is 2.65. The molecule has 11 heteroatoms. The molecule has 0 heterocycles. The topological polar surface area (TPSA) is 131 Å². The van der Waals surface area contributed by atoms with Crippen LogP contribution in [-0.4, -0.2) is 45.4 Å². The van der Waals surface area contributed by atoms with E-state index in [1.54, 1.807) is 25.1 Å². The number of sulfonamides is 1. The molecule has 0 aliphatic heterocycles. The lowest BCUT2D eigenvalue weighted by molar-refractivity contribution is -0.384. The molecule has 0 bridgehead atoms. The number of nitro benzene ring substituents is 1. The minimum Gasteiger partial charge on any atom is -0.495 e. The minimum absolute atomic E-state index is 0.0675. The Hall–Kier alpha value is -3.47. The van der Waals surface area contributed by atoms with E-state index in [9.17, 15) is 23.3 Å². The number of hydrogen-bond acceptors (Lipinski definition) is 7. The maximum atomic E-state index is 12.2. The van der Waals surface area contributed by atoms with Crippen molar-refractivity contribution in [2.75, 3.05) is 24.2 Å². The van der Waals surface area contributed by atoms with Crippen LogP contribution in [-0.2, 0) is 14.8 Å². The zero-order valence-electron chi connectivity index (χ0n) is 16.0. The van der Waals surface area contributed by atoms with Crippen molar-refractivity contribution in [2.45, 2.75) is 6.92 Å². The molecule has 2 rings (SSSR count). The zero-order valence-corrected chi connectivity index (χ0v) is 16.8. The maximum absolute atomic E-state index is 12.2. The van der Waals surface area contributed by atoms with Crippen molar-refractivity contribution in [3.63, 3.8) is 0 Å². The third kappa shape index (κ3) is 6.01. The van der Waals surface area contributed by atoms with Crippen LogP contribution in [0.15, 0.2) is 47.6 Å². The third-order valence-electron chi connectivity index (χ3n) is 3.80. The Morgan fingerprint density at radius 1 is 1.28 bits per heavy atom. The number of ether oxygens (including phenoxy) is 1. The molecule has 0 fully saturated rings. The molecule has 2 aromatic rings. The second kappa shape index (κ2) is 9.15. The first-order chi connectivity index (χ1) is 13.6. The van der Waals surface area contributed by atoms with Crippen molar-refractivity contribution >= 4 is 33.5 Å². The highest BCUT2D eigenvalue weighted by Gasteiger charge is 2.24. The molecular formula is C18H20N4O6S. The van der Waals surface area contributed by atoms with Gasteiger partial charge in [0.25, 0.3) is 11.6 Å². The smallest absolute Gasteiger partial charge is 0.269 e. The van der Waals surface area contributed by atoms with Crippen LogP contribution in [0.1, 0.15) is 11.1 Å². The van der Waals surface area contributed by atoms with Gasteiger partial charge in [-0.1, -0.05) is 6.07 Å². The lowest BCUT2D eigenvalue weighted by Gasteiger charge is -2.23. The summed E-state index contributed by atoms with van der Waals surface area (Å²) in [6.07, 6.45) is 2.28. The summed E-state index contributed by atoms with van der Waals surface area (Å²) >= 11 is 0. The molecule has 0 saturated heterocycles. The standard InChI is InChI=1S/C18H20N4O6S/c1-13-4-9-17(28-2)16(10-13)21(29(3,26)27)12-18(23)20-19-11-14-5-7-15(8-6-14)22(24)25/h4-11H,12H2,1-3H3,(H,20,23)/b19-11-. The number of hydrazone groups is 1. The van der Waals surface area contributed by atoms with Gasteiger partial charge in [-0.05, 0) is 42.3 Å². The van der Waals surface area contributed by atoms with Crippen LogP contribution in [0.25, 0.3) is 0 Å². The number of rotatable bonds is 8. The molecule has 1 amide bonds. The lowest BCUT2D eigenvalue weighted by atomic mass is 10.2. The van der Waals surface area contributed by atoms with Gasteiger partial charge in [0.15, 0.2) is 0 Å². The van der Waals surface area contributed by atoms with Crippen LogP contribution >= 0.6 is 0 Å².